The van der Waals surface area contributed by atoms with Gasteiger partial charge in [-0.1, -0.05) is 32.9 Å². The molecule has 1 N–H and O–H groups in total. The van der Waals surface area contributed by atoms with Crippen molar-refractivity contribution in [3.63, 3.8) is 0 Å². The van der Waals surface area contributed by atoms with Crippen LogP contribution >= 0.6 is 0 Å². The Bertz CT molecular complexity index is 324. The Morgan fingerprint density at radius 2 is 1.80 bits per heavy atom. The topological polar surface area (TPSA) is 49.7 Å². The maximum atomic E-state index is 10.2. The lowest BCUT2D eigenvalue weighted by molar-refractivity contribution is 0.0636. The van der Waals surface area contributed by atoms with Crippen molar-refractivity contribution in [2.75, 3.05) is 0 Å². The molecule has 0 bridgehead atoms. The molecule has 1 aromatic rings. The molecule has 0 saturated carbocycles. The van der Waals surface area contributed by atoms with E-state index in [0.717, 1.165) is 5.56 Å². The van der Waals surface area contributed by atoms with Gasteiger partial charge >= 0.3 is 0 Å². The smallest absolute Gasteiger partial charge is 0.108 e. The third kappa shape index (κ3) is 3.44. The average Bonchev–Trinajstić information content (AvgIpc) is 2.17. The van der Waals surface area contributed by atoms with Gasteiger partial charge in [-0.15, -0.1) is 4.91 Å². The number of benzene rings is 1. The van der Waals surface area contributed by atoms with Gasteiger partial charge in [0.15, 0.2) is 0 Å². The summed E-state index contributed by atoms with van der Waals surface area (Å²) in [7, 11) is 0. The van der Waals surface area contributed by atoms with Gasteiger partial charge in [0.05, 0.1) is 6.10 Å². The first kappa shape index (κ1) is 11.9. The number of aliphatic hydroxyl groups is 1. The predicted molar refractivity (Wildman–Crippen MR) is 61.1 cm³/mol. The molecule has 1 atom stereocenters. The summed E-state index contributed by atoms with van der Waals surface area (Å²) in [6.45, 7) is 6.00. The minimum Gasteiger partial charge on any atom is -0.392 e. The van der Waals surface area contributed by atoms with E-state index in [4.69, 9.17) is 0 Å². The number of hydrogen-bond acceptors (Lipinski definition) is 3. The van der Waals surface area contributed by atoms with E-state index < -0.39 is 0 Å². The molecule has 0 aliphatic carbocycles. The Morgan fingerprint density at radius 1 is 1.27 bits per heavy atom. The van der Waals surface area contributed by atoms with E-state index in [2.05, 4.69) is 5.18 Å². The van der Waals surface area contributed by atoms with E-state index in [1.54, 1.807) is 12.1 Å². The van der Waals surface area contributed by atoms with Crippen molar-refractivity contribution in [1.29, 1.82) is 0 Å². The Labute approximate surface area is 90.1 Å². The average molecular weight is 207 g/mol. The summed E-state index contributed by atoms with van der Waals surface area (Å²) in [5, 5.41) is 12.7. The summed E-state index contributed by atoms with van der Waals surface area (Å²) in [5.41, 5.74) is 1.32. The summed E-state index contributed by atoms with van der Waals surface area (Å²) < 4.78 is 0. The van der Waals surface area contributed by atoms with Crippen LogP contribution in [0.15, 0.2) is 29.4 Å². The second-order valence-electron chi connectivity index (χ2n) is 4.84. The predicted octanol–water partition coefficient (Wildman–Crippen LogP) is 3.03. The van der Waals surface area contributed by atoms with Crippen LogP contribution in [0, 0.1) is 10.3 Å². The lowest BCUT2D eigenvalue weighted by atomic mass is 9.85. The molecule has 1 unspecified atom stereocenters. The lowest BCUT2D eigenvalue weighted by Crippen LogP contribution is -2.27. The van der Waals surface area contributed by atoms with Gasteiger partial charge in [0, 0.05) is 0 Å². The second kappa shape index (κ2) is 4.53. The van der Waals surface area contributed by atoms with Crippen molar-refractivity contribution >= 4 is 5.69 Å². The molecule has 0 aromatic heterocycles. The molecule has 82 valence electrons. The Hall–Kier alpha value is -1.22. The molecular weight excluding hydrogens is 190 g/mol. The standard InChI is InChI=1S/C12H17NO2/c1-12(2,3)11(14)8-9-4-6-10(13-15)7-5-9/h4-7,11,14H,8H2,1-3H3. The van der Waals surface area contributed by atoms with Crippen molar-refractivity contribution in [1.82, 2.24) is 0 Å². The van der Waals surface area contributed by atoms with Gasteiger partial charge in [0.2, 0.25) is 0 Å². The number of nitrogens with zero attached hydrogens (tertiary/aromatic N) is 1. The third-order valence-corrected chi connectivity index (χ3v) is 2.47. The van der Waals surface area contributed by atoms with E-state index in [1.165, 1.54) is 0 Å². The van der Waals surface area contributed by atoms with E-state index in [0.29, 0.717) is 12.1 Å². The van der Waals surface area contributed by atoms with Gasteiger partial charge < -0.3 is 5.11 Å². The van der Waals surface area contributed by atoms with Crippen LogP contribution in [0.3, 0.4) is 0 Å². The number of aliphatic hydroxyl groups excluding tert-OH is 1. The highest BCUT2D eigenvalue weighted by Gasteiger charge is 2.21. The summed E-state index contributed by atoms with van der Waals surface area (Å²) >= 11 is 0. The van der Waals surface area contributed by atoms with Crippen LogP contribution in [0.5, 0.6) is 0 Å². The van der Waals surface area contributed by atoms with Crippen LogP contribution in [0.2, 0.25) is 0 Å². The van der Waals surface area contributed by atoms with Crippen LogP contribution in [-0.4, -0.2) is 11.2 Å². The number of rotatable bonds is 3. The van der Waals surface area contributed by atoms with Gasteiger partial charge in [0.1, 0.15) is 5.69 Å². The molecule has 0 fully saturated rings. The van der Waals surface area contributed by atoms with Gasteiger partial charge in [-0.25, -0.2) is 0 Å². The maximum absolute atomic E-state index is 10.2. The van der Waals surface area contributed by atoms with E-state index in [1.807, 2.05) is 32.9 Å². The van der Waals surface area contributed by atoms with E-state index in [-0.39, 0.29) is 11.5 Å². The maximum Gasteiger partial charge on any atom is 0.108 e. The SMILES string of the molecule is CC(C)(C)C(O)Cc1ccc(N=O)cc1. The minimum atomic E-state index is -0.382. The molecule has 1 aromatic carbocycles. The van der Waals surface area contributed by atoms with Crippen molar-refractivity contribution < 1.29 is 5.11 Å². The van der Waals surface area contributed by atoms with Crippen molar-refractivity contribution in [2.45, 2.75) is 33.3 Å². The van der Waals surface area contributed by atoms with Crippen LogP contribution in [0.25, 0.3) is 0 Å². The number of nitroso groups, excluding NO2 is 1. The van der Waals surface area contributed by atoms with Crippen LogP contribution in [0.4, 0.5) is 5.69 Å². The van der Waals surface area contributed by atoms with Gasteiger partial charge in [-0.2, -0.15) is 0 Å². The zero-order valence-corrected chi connectivity index (χ0v) is 9.40. The highest BCUT2D eigenvalue weighted by molar-refractivity contribution is 5.38. The highest BCUT2D eigenvalue weighted by atomic mass is 16.3. The monoisotopic (exact) mass is 207 g/mol. The van der Waals surface area contributed by atoms with Crippen molar-refractivity contribution in [3.05, 3.63) is 34.7 Å². The molecule has 1 rings (SSSR count). The fraction of sp³-hybridized carbons (Fsp3) is 0.500. The molecular formula is C12H17NO2. The normalized spacial score (nSPS) is 13.6. The Kier molecular flexibility index (Phi) is 3.58. The molecule has 0 spiro atoms. The molecule has 0 radical (unpaired) electrons. The first-order valence-electron chi connectivity index (χ1n) is 5.04. The number of hydrogen-bond donors (Lipinski definition) is 1. The Morgan fingerprint density at radius 3 is 2.20 bits per heavy atom. The quantitative estimate of drug-likeness (QED) is 0.774. The van der Waals surface area contributed by atoms with Crippen molar-refractivity contribution in [2.24, 2.45) is 10.6 Å². The summed E-state index contributed by atoms with van der Waals surface area (Å²) in [6.07, 6.45) is 0.218. The van der Waals surface area contributed by atoms with Gasteiger partial charge in [-0.3, -0.25) is 0 Å². The van der Waals surface area contributed by atoms with E-state index in [9.17, 15) is 10.0 Å². The van der Waals surface area contributed by atoms with Crippen molar-refractivity contribution in [3.8, 4) is 0 Å². The second-order valence-corrected chi connectivity index (χ2v) is 4.84. The third-order valence-electron chi connectivity index (χ3n) is 2.47. The molecule has 3 nitrogen and oxygen atoms in total. The summed E-state index contributed by atoms with van der Waals surface area (Å²) in [6, 6.07) is 6.98. The molecule has 15 heavy (non-hydrogen) atoms. The lowest BCUT2D eigenvalue weighted by Gasteiger charge is -2.25. The Balaban J connectivity index is 2.69. The molecule has 0 amide bonds. The fourth-order valence-electron chi connectivity index (χ4n) is 1.22. The van der Waals surface area contributed by atoms with Crippen LogP contribution in [0.1, 0.15) is 26.3 Å². The molecule has 0 saturated heterocycles. The minimum absolute atomic E-state index is 0.123. The molecule has 0 aliphatic heterocycles. The summed E-state index contributed by atoms with van der Waals surface area (Å²) in [4.78, 5) is 10.2. The highest BCUT2D eigenvalue weighted by Crippen LogP contribution is 2.23. The van der Waals surface area contributed by atoms with E-state index >= 15 is 0 Å². The summed E-state index contributed by atoms with van der Waals surface area (Å²) in [5.74, 6) is 0. The zero-order chi connectivity index (χ0) is 11.5. The molecule has 0 heterocycles. The largest absolute Gasteiger partial charge is 0.392 e. The van der Waals surface area contributed by atoms with Gasteiger partial charge in [-0.05, 0) is 34.7 Å². The van der Waals surface area contributed by atoms with Crippen LogP contribution in [-0.2, 0) is 6.42 Å². The zero-order valence-electron chi connectivity index (χ0n) is 9.40. The first-order chi connectivity index (χ1) is 6.93. The van der Waals surface area contributed by atoms with Crippen LogP contribution < -0.4 is 0 Å². The van der Waals surface area contributed by atoms with Gasteiger partial charge in [0.25, 0.3) is 0 Å². The first-order valence-corrected chi connectivity index (χ1v) is 5.04. The molecule has 3 heteroatoms. The fourth-order valence-corrected chi connectivity index (χ4v) is 1.22. The molecule has 0 aliphatic rings.